The van der Waals surface area contributed by atoms with E-state index in [1.165, 1.54) is 0 Å². The fourth-order valence-corrected chi connectivity index (χ4v) is 3.99. The number of carbonyl (C=O) groups is 1. The Hall–Kier alpha value is -1.73. The van der Waals surface area contributed by atoms with Crippen molar-refractivity contribution in [2.24, 2.45) is 5.41 Å². The zero-order valence-electron chi connectivity index (χ0n) is 12.9. The molecule has 1 saturated heterocycles. The Morgan fingerprint density at radius 1 is 1.48 bits per heavy atom. The Labute approximate surface area is 138 Å². The highest BCUT2D eigenvalue weighted by Crippen LogP contribution is 2.44. The van der Waals surface area contributed by atoms with Gasteiger partial charge < -0.3 is 15.3 Å². The molecule has 2 fully saturated rings. The monoisotopic (exact) mass is 332 g/mol. The van der Waals surface area contributed by atoms with Gasteiger partial charge >= 0.3 is 0 Å². The summed E-state index contributed by atoms with van der Waals surface area (Å²) in [6.45, 7) is 1.57. The summed E-state index contributed by atoms with van der Waals surface area (Å²) < 4.78 is 0. The molecule has 2 aromatic heterocycles. The fraction of sp³-hybridized carbons (Fsp3) is 0.562. The van der Waals surface area contributed by atoms with Crippen LogP contribution in [0, 0.1) is 5.41 Å². The average Bonchev–Trinajstić information content (AvgIpc) is 3.00. The predicted octanol–water partition coefficient (Wildman–Crippen LogP) is 1.55. The number of aliphatic hydroxyl groups excluding tert-OH is 1. The second-order valence-electron chi connectivity index (χ2n) is 6.56. The third-order valence-electron chi connectivity index (χ3n) is 5.00. The van der Waals surface area contributed by atoms with Gasteiger partial charge in [-0.05, 0) is 37.1 Å². The third-order valence-corrected chi connectivity index (χ3v) is 5.82. The zero-order valence-corrected chi connectivity index (χ0v) is 13.7. The van der Waals surface area contributed by atoms with Crippen molar-refractivity contribution < 1.29 is 9.90 Å². The summed E-state index contributed by atoms with van der Waals surface area (Å²) in [4.78, 5) is 24.4. The van der Waals surface area contributed by atoms with Gasteiger partial charge in [0.15, 0.2) is 0 Å². The molecule has 1 aliphatic carbocycles. The zero-order chi connectivity index (χ0) is 15.9. The number of thiophene rings is 1. The van der Waals surface area contributed by atoms with Crippen molar-refractivity contribution in [3.05, 3.63) is 17.8 Å². The van der Waals surface area contributed by atoms with Crippen LogP contribution >= 0.6 is 11.3 Å². The van der Waals surface area contributed by atoms with E-state index in [-0.39, 0.29) is 24.0 Å². The first-order valence-corrected chi connectivity index (χ1v) is 8.94. The van der Waals surface area contributed by atoms with Crippen LogP contribution in [0.4, 0.5) is 5.82 Å². The van der Waals surface area contributed by atoms with Gasteiger partial charge in [0.2, 0.25) is 5.91 Å². The van der Waals surface area contributed by atoms with Crippen molar-refractivity contribution in [1.29, 1.82) is 0 Å². The number of rotatable bonds is 5. The second kappa shape index (κ2) is 5.72. The van der Waals surface area contributed by atoms with Gasteiger partial charge in [0.05, 0.1) is 12.0 Å². The topological polar surface area (TPSA) is 78.4 Å². The summed E-state index contributed by atoms with van der Waals surface area (Å²) in [7, 11) is 0. The summed E-state index contributed by atoms with van der Waals surface area (Å²) in [5.74, 6) is 0.904. The SMILES string of the molecule is O=C(NCC1(CO)CC1)C1CCCN1c1ncnc2sccc12. The minimum atomic E-state index is -0.178. The smallest absolute Gasteiger partial charge is 0.242 e. The Morgan fingerprint density at radius 3 is 3.13 bits per heavy atom. The molecule has 23 heavy (non-hydrogen) atoms. The minimum absolute atomic E-state index is 0.0456. The van der Waals surface area contributed by atoms with Gasteiger partial charge in [-0.2, -0.15) is 0 Å². The number of amides is 1. The van der Waals surface area contributed by atoms with E-state index >= 15 is 0 Å². The second-order valence-corrected chi connectivity index (χ2v) is 7.46. The molecule has 1 unspecified atom stereocenters. The van der Waals surface area contributed by atoms with Crippen LogP contribution < -0.4 is 10.2 Å². The van der Waals surface area contributed by atoms with Gasteiger partial charge in [0.1, 0.15) is 23.0 Å². The van der Waals surface area contributed by atoms with Crippen LogP contribution in [0.15, 0.2) is 17.8 Å². The number of nitrogens with zero attached hydrogens (tertiary/aromatic N) is 3. The van der Waals surface area contributed by atoms with E-state index in [2.05, 4.69) is 20.2 Å². The molecule has 0 radical (unpaired) electrons. The summed E-state index contributed by atoms with van der Waals surface area (Å²) >= 11 is 1.59. The van der Waals surface area contributed by atoms with Crippen molar-refractivity contribution in [3.63, 3.8) is 0 Å². The van der Waals surface area contributed by atoms with Crippen LogP contribution in [0.25, 0.3) is 10.2 Å². The highest BCUT2D eigenvalue weighted by molar-refractivity contribution is 7.16. The maximum atomic E-state index is 12.6. The first-order chi connectivity index (χ1) is 11.2. The molecular weight excluding hydrogens is 312 g/mol. The van der Waals surface area contributed by atoms with Gasteiger partial charge in [-0.3, -0.25) is 4.79 Å². The van der Waals surface area contributed by atoms with Crippen molar-refractivity contribution in [1.82, 2.24) is 15.3 Å². The number of anilines is 1. The van der Waals surface area contributed by atoms with E-state index in [9.17, 15) is 9.90 Å². The van der Waals surface area contributed by atoms with Gasteiger partial charge in [-0.1, -0.05) is 0 Å². The molecule has 122 valence electrons. The maximum absolute atomic E-state index is 12.6. The van der Waals surface area contributed by atoms with Gasteiger partial charge in [-0.25, -0.2) is 9.97 Å². The lowest BCUT2D eigenvalue weighted by Gasteiger charge is -2.26. The molecule has 2 N–H and O–H groups in total. The van der Waals surface area contributed by atoms with E-state index < -0.39 is 0 Å². The largest absolute Gasteiger partial charge is 0.396 e. The van der Waals surface area contributed by atoms with E-state index in [0.29, 0.717) is 6.54 Å². The predicted molar refractivity (Wildman–Crippen MR) is 89.5 cm³/mol. The molecule has 1 amide bonds. The van der Waals surface area contributed by atoms with Crippen LogP contribution in [0.2, 0.25) is 0 Å². The first-order valence-electron chi connectivity index (χ1n) is 8.06. The van der Waals surface area contributed by atoms with E-state index in [1.807, 2.05) is 11.4 Å². The van der Waals surface area contributed by atoms with Crippen LogP contribution in [-0.2, 0) is 4.79 Å². The molecular formula is C16H20N4O2S. The lowest BCUT2D eigenvalue weighted by Crippen LogP contribution is -2.45. The number of carbonyl (C=O) groups excluding carboxylic acids is 1. The number of fused-ring (bicyclic) bond motifs is 1. The Balaban J connectivity index is 1.52. The molecule has 1 aliphatic heterocycles. The summed E-state index contributed by atoms with van der Waals surface area (Å²) in [6, 6.07) is 1.84. The van der Waals surface area contributed by atoms with Gasteiger partial charge in [-0.15, -0.1) is 11.3 Å². The van der Waals surface area contributed by atoms with Gasteiger partial charge in [0.25, 0.3) is 0 Å². The van der Waals surface area contributed by atoms with Crippen molar-refractivity contribution >= 4 is 33.3 Å². The van der Waals surface area contributed by atoms with Crippen LogP contribution in [0.3, 0.4) is 0 Å². The molecule has 0 aromatic carbocycles. The number of hydrogen-bond donors (Lipinski definition) is 2. The highest BCUT2D eigenvalue weighted by atomic mass is 32.1. The normalized spacial score (nSPS) is 22.5. The number of aromatic nitrogens is 2. The Bertz CT molecular complexity index is 728. The Kier molecular flexibility index (Phi) is 3.69. The van der Waals surface area contributed by atoms with Crippen LogP contribution in [-0.4, -0.2) is 46.7 Å². The lowest BCUT2D eigenvalue weighted by atomic mass is 10.1. The summed E-state index contributed by atoms with van der Waals surface area (Å²) in [5.41, 5.74) is -0.0609. The molecule has 1 atom stereocenters. The highest BCUT2D eigenvalue weighted by Gasteiger charge is 2.43. The molecule has 7 heteroatoms. The molecule has 6 nitrogen and oxygen atoms in total. The molecule has 2 aliphatic rings. The summed E-state index contributed by atoms with van der Waals surface area (Å²) in [5, 5.41) is 15.4. The first kappa shape index (κ1) is 14.8. The van der Waals surface area contributed by atoms with E-state index in [4.69, 9.17) is 0 Å². The van der Waals surface area contributed by atoms with Crippen LogP contribution in [0.1, 0.15) is 25.7 Å². The van der Waals surface area contributed by atoms with Crippen molar-refractivity contribution in [2.45, 2.75) is 31.7 Å². The molecule has 2 aromatic rings. The Morgan fingerprint density at radius 2 is 2.35 bits per heavy atom. The number of hydrogen-bond acceptors (Lipinski definition) is 6. The quantitative estimate of drug-likeness (QED) is 0.868. The van der Waals surface area contributed by atoms with Gasteiger partial charge in [0, 0.05) is 18.5 Å². The van der Waals surface area contributed by atoms with E-state index in [0.717, 1.165) is 48.3 Å². The molecule has 3 heterocycles. The molecule has 1 saturated carbocycles. The lowest BCUT2D eigenvalue weighted by molar-refractivity contribution is -0.122. The third kappa shape index (κ3) is 2.68. The number of nitrogens with one attached hydrogen (secondary N) is 1. The van der Waals surface area contributed by atoms with Crippen LogP contribution in [0.5, 0.6) is 0 Å². The molecule has 4 rings (SSSR count). The molecule has 0 bridgehead atoms. The number of aliphatic hydroxyl groups is 1. The van der Waals surface area contributed by atoms with Crippen molar-refractivity contribution in [2.75, 3.05) is 24.6 Å². The maximum Gasteiger partial charge on any atom is 0.242 e. The molecule has 0 spiro atoms. The minimum Gasteiger partial charge on any atom is -0.396 e. The standard InChI is InChI=1S/C16H20N4O2S/c21-9-16(4-5-16)8-17-14(22)12-2-1-6-20(12)13-11-3-7-23-15(11)19-10-18-13/h3,7,10,12,21H,1-2,4-6,8-9H2,(H,17,22). The summed E-state index contributed by atoms with van der Waals surface area (Å²) in [6.07, 6.45) is 5.40. The fourth-order valence-electron chi connectivity index (χ4n) is 3.26. The average molecular weight is 332 g/mol. The van der Waals surface area contributed by atoms with Crippen molar-refractivity contribution in [3.8, 4) is 0 Å². The van der Waals surface area contributed by atoms with E-state index in [1.54, 1.807) is 17.7 Å².